The summed E-state index contributed by atoms with van der Waals surface area (Å²) in [6, 6.07) is 4.49. The molecule has 4 nitrogen and oxygen atoms in total. The van der Waals surface area contributed by atoms with Gasteiger partial charge in [-0.1, -0.05) is 6.92 Å². The SMILES string of the molecule is COC(=O)C1CN(Cc2cc(F)ccc2OC)CC1C. The van der Waals surface area contributed by atoms with E-state index in [1.54, 1.807) is 13.2 Å². The number of nitrogens with zero attached hydrogens (tertiary/aromatic N) is 1. The molecule has 0 radical (unpaired) electrons. The van der Waals surface area contributed by atoms with Gasteiger partial charge in [0.05, 0.1) is 20.1 Å². The van der Waals surface area contributed by atoms with Gasteiger partial charge >= 0.3 is 5.97 Å². The summed E-state index contributed by atoms with van der Waals surface area (Å²) >= 11 is 0. The van der Waals surface area contributed by atoms with Crippen molar-refractivity contribution in [2.24, 2.45) is 11.8 Å². The molecule has 20 heavy (non-hydrogen) atoms. The van der Waals surface area contributed by atoms with Crippen molar-refractivity contribution in [3.8, 4) is 5.75 Å². The van der Waals surface area contributed by atoms with E-state index in [0.717, 1.165) is 12.1 Å². The number of likely N-dealkylation sites (tertiary alicyclic amines) is 1. The summed E-state index contributed by atoms with van der Waals surface area (Å²) < 4.78 is 23.4. The minimum Gasteiger partial charge on any atom is -0.496 e. The molecule has 1 heterocycles. The molecule has 0 saturated carbocycles. The van der Waals surface area contributed by atoms with Gasteiger partial charge in [0.25, 0.3) is 0 Å². The molecule has 0 aromatic heterocycles. The maximum atomic E-state index is 13.3. The third kappa shape index (κ3) is 3.10. The molecule has 5 heteroatoms. The van der Waals surface area contributed by atoms with Crippen molar-refractivity contribution in [3.05, 3.63) is 29.6 Å². The van der Waals surface area contributed by atoms with Crippen LogP contribution in [0.4, 0.5) is 4.39 Å². The van der Waals surface area contributed by atoms with Crippen LogP contribution < -0.4 is 4.74 Å². The lowest BCUT2D eigenvalue weighted by atomic mass is 9.99. The van der Waals surface area contributed by atoms with Gasteiger partial charge in [-0.2, -0.15) is 0 Å². The molecule has 2 unspecified atom stereocenters. The normalized spacial score (nSPS) is 22.8. The van der Waals surface area contributed by atoms with E-state index < -0.39 is 0 Å². The van der Waals surface area contributed by atoms with Gasteiger partial charge in [-0.05, 0) is 24.1 Å². The highest BCUT2D eigenvalue weighted by atomic mass is 19.1. The molecule has 1 aromatic carbocycles. The van der Waals surface area contributed by atoms with Crippen molar-refractivity contribution in [1.82, 2.24) is 4.90 Å². The number of hydrogen-bond acceptors (Lipinski definition) is 4. The maximum Gasteiger partial charge on any atom is 0.310 e. The van der Waals surface area contributed by atoms with Crippen molar-refractivity contribution in [2.45, 2.75) is 13.5 Å². The number of methoxy groups -OCH3 is 2. The van der Waals surface area contributed by atoms with Crippen molar-refractivity contribution in [3.63, 3.8) is 0 Å². The predicted molar refractivity (Wildman–Crippen MR) is 72.9 cm³/mol. The van der Waals surface area contributed by atoms with E-state index in [9.17, 15) is 9.18 Å². The van der Waals surface area contributed by atoms with E-state index in [-0.39, 0.29) is 23.6 Å². The molecule has 110 valence electrons. The second-order valence-corrected chi connectivity index (χ2v) is 5.26. The fraction of sp³-hybridized carbons (Fsp3) is 0.533. The number of ether oxygens (including phenoxy) is 2. The predicted octanol–water partition coefficient (Wildman–Crippen LogP) is 2.08. The van der Waals surface area contributed by atoms with Gasteiger partial charge in [0.15, 0.2) is 0 Å². The van der Waals surface area contributed by atoms with Crippen molar-refractivity contribution in [2.75, 3.05) is 27.3 Å². The van der Waals surface area contributed by atoms with E-state index in [1.165, 1.54) is 19.2 Å². The van der Waals surface area contributed by atoms with Gasteiger partial charge in [-0.3, -0.25) is 9.69 Å². The monoisotopic (exact) mass is 281 g/mol. The molecule has 1 aliphatic rings. The van der Waals surface area contributed by atoms with E-state index in [1.807, 2.05) is 6.92 Å². The zero-order valence-electron chi connectivity index (χ0n) is 12.1. The lowest BCUT2D eigenvalue weighted by Crippen LogP contribution is -2.24. The lowest BCUT2D eigenvalue weighted by Gasteiger charge is -2.17. The number of carbonyl (C=O) groups is 1. The molecule has 1 fully saturated rings. The summed E-state index contributed by atoms with van der Waals surface area (Å²) in [5.41, 5.74) is 0.796. The molecule has 1 aliphatic heterocycles. The summed E-state index contributed by atoms with van der Waals surface area (Å²) in [5.74, 6) is 0.339. The fourth-order valence-electron chi connectivity index (χ4n) is 2.77. The molecule has 1 aromatic rings. The number of hydrogen-bond donors (Lipinski definition) is 0. The van der Waals surface area contributed by atoms with E-state index >= 15 is 0 Å². The van der Waals surface area contributed by atoms with Crippen LogP contribution in [-0.4, -0.2) is 38.2 Å². The van der Waals surface area contributed by atoms with Crippen LogP contribution in [0.3, 0.4) is 0 Å². The van der Waals surface area contributed by atoms with Gasteiger partial charge in [-0.25, -0.2) is 4.39 Å². The molecule has 1 saturated heterocycles. The van der Waals surface area contributed by atoms with Crippen molar-refractivity contribution in [1.29, 1.82) is 0 Å². The van der Waals surface area contributed by atoms with Gasteiger partial charge in [0.2, 0.25) is 0 Å². The molecule has 0 N–H and O–H groups in total. The van der Waals surface area contributed by atoms with Crippen molar-refractivity contribution < 1.29 is 18.7 Å². The van der Waals surface area contributed by atoms with Gasteiger partial charge in [0.1, 0.15) is 11.6 Å². The zero-order chi connectivity index (χ0) is 14.7. The number of rotatable bonds is 4. The zero-order valence-corrected chi connectivity index (χ0v) is 12.1. The highest BCUT2D eigenvalue weighted by Gasteiger charge is 2.35. The molecule has 0 bridgehead atoms. The highest BCUT2D eigenvalue weighted by Crippen LogP contribution is 2.28. The molecular weight excluding hydrogens is 261 g/mol. The minimum atomic E-state index is -0.280. The highest BCUT2D eigenvalue weighted by molar-refractivity contribution is 5.73. The Morgan fingerprint density at radius 2 is 2.15 bits per heavy atom. The standard InChI is InChI=1S/C15H20FNO3/c1-10-7-17(9-13(10)15(18)20-3)8-11-6-12(16)4-5-14(11)19-2/h4-6,10,13H,7-9H2,1-3H3. The first-order valence-electron chi connectivity index (χ1n) is 6.67. The largest absolute Gasteiger partial charge is 0.496 e. The minimum absolute atomic E-state index is 0.112. The number of benzene rings is 1. The van der Waals surface area contributed by atoms with Crippen LogP contribution in [-0.2, 0) is 16.1 Å². The Bertz CT molecular complexity index is 492. The van der Waals surface area contributed by atoms with E-state index in [0.29, 0.717) is 18.8 Å². The van der Waals surface area contributed by atoms with Crippen LogP contribution >= 0.6 is 0 Å². The van der Waals surface area contributed by atoms with Crippen LogP contribution in [0.2, 0.25) is 0 Å². The Labute approximate surface area is 118 Å². The second kappa shape index (κ2) is 6.22. The topological polar surface area (TPSA) is 38.8 Å². The third-order valence-electron chi connectivity index (χ3n) is 3.83. The molecule has 2 atom stereocenters. The summed E-state index contributed by atoms with van der Waals surface area (Å²) in [7, 11) is 2.98. The summed E-state index contributed by atoms with van der Waals surface area (Å²) in [4.78, 5) is 13.8. The van der Waals surface area contributed by atoms with Crippen molar-refractivity contribution >= 4 is 5.97 Å². The van der Waals surface area contributed by atoms with Crippen LogP contribution in [0.25, 0.3) is 0 Å². The van der Waals surface area contributed by atoms with E-state index in [4.69, 9.17) is 9.47 Å². The first kappa shape index (κ1) is 14.8. The second-order valence-electron chi connectivity index (χ2n) is 5.26. The van der Waals surface area contributed by atoms with Crippen LogP contribution in [0.15, 0.2) is 18.2 Å². The molecular formula is C15H20FNO3. The Hall–Kier alpha value is -1.62. The first-order chi connectivity index (χ1) is 9.55. The van der Waals surface area contributed by atoms with Gasteiger partial charge in [0, 0.05) is 25.2 Å². The average molecular weight is 281 g/mol. The maximum absolute atomic E-state index is 13.3. The average Bonchev–Trinajstić information content (AvgIpc) is 2.79. The Morgan fingerprint density at radius 1 is 1.40 bits per heavy atom. The van der Waals surface area contributed by atoms with Gasteiger partial charge < -0.3 is 9.47 Å². The molecule has 0 spiro atoms. The fourth-order valence-corrected chi connectivity index (χ4v) is 2.77. The molecule has 0 amide bonds. The smallest absolute Gasteiger partial charge is 0.310 e. The molecule has 2 rings (SSSR count). The first-order valence-corrected chi connectivity index (χ1v) is 6.67. The number of esters is 1. The third-order valence-corrected chi connectivity index (χ3v) is 3.83. The lowest BCUT2D eigenvalue weighted by molar-refractivity contribution is -0.146. The van der Waals surface area contributed by atoms with E-state index in [2.05, 4.69) is 4.90 Å². The summed E-state index contributed by atoms with van der Waals surface area (Å²) in [5, 5.41) is 0. The summed E-state index contributed by atoms with van der Waals surface area (Å²) in [6.07, 6.45) is 0. The Morgan fingerprint density at radius 3 is 2.80 bits per heavy atom. The van der Waals surface area contributed by atoms with Crippen LogP contribution in [0.5, 0.6) is 5.75 Å². The Balaban J connectivity index is 2.08. The molecule has 0 aliphatic carbocycles. The van der Waals surface area contributed by atoms with Crippen LogP contribution in [0, 0.1) is 17.7 Å². The number of halogens is 1. The Kier molecular flexibility index (Phi) is 4.60. The quantitative estimate of drug-likeness (QED) is 0.792. The number of carbonyl (C=O) groups excluding carboxylic acids is 1. The van der Waals surface area contributed by atoms with Crippen LogP contribution in [0.1, 0.15) is 12.5 Å². The van der Waals surface area contributed by atoms with Gasteiger partial charge in [-0.15, -0.1) is 0 Å². The summed E-state index contributed by atoms with van der Waals surface area (Å²) in [6.45, 7) is 4.02.